The molecule has 3 aromatic rings. The molecule has 1 aliphatic heterocycles. The Labute approximate surface area is 171 Å². The Kier molecular flexibility index (Phi) is 5.38. The zero-order valence-electron chi connectivity index (χ0n) is 17.2. The summed E-state index contributed by atoms with van der Waals surface area (Å²) in [6.45, 7) is 6.93. The van der Waals surface area contributed by atoms with Crippen LogP contribution in [0.4, 0.5) is 10.5 Å². The number of anilines is 1. The fraction of sp³-hybridized carbons (Fsp3) is 0.333. The second-order valence-corrected chi connectivity index (χ2v) is 7.93. The summed E-state index contributed by atoms with van der Waals surface area (Å²) in [5.41, 5.74) is 3.88. The lowest BCUT2D eigenvalue weighted by molar-refractivity contribution is 0.197. The Balaban J connectivity index is 1.60. The number of hydrogen-bond donors (Lipinski definition) is 1. The van der Waals surface area contributed by atoms with Gasteiger partial charge in [0, 0.05) is 23.7 Å². The van der Waals surface area contributed by atoms with Crippen molar-refractivity contribution in [2.24, 2.45) is 0 Å². The van der Waals surface area contributed by atoms with Crippen LogP contribution in [0.2, 0.25) is 0 Å². The zero-order valence-corrected chi connectivity index (χ0v) is 17.2. The van der Waals surface area contributed by atoms with Crippen LogP contribution in [0.3, 0.4) is 0 Å². The van der Waals surface area contributed by atoms with Crippen molar-refractivity contribution in [1.29, 1.82) is 0 Å². The molecule has 1 fully saturated rings. The Morgan fingerprint density at radius 2 is 1.86 bits per heavy atom. The third-order valence-corrected chi connectivity index (χ3v) is 5.34. The molecule has 29 heavy (non-hydrogen) atoms. The van der Waals surface area contributed by atoms with Crippen LogP contribution in [0.15, 0.2) is 59.0 Å². The molecule has 5 nitrogen and oxygen atoms in total. The Morgan fingerprint density at radius 3 is 2.55 bits per heavy atom. The highest BCUT2D eigenvalue weighted by molar-refractivity contribution is 5.89. The van der Waals surface area contributed by atoms with E-state index >= 15 is 0 Å². The lowest BCUT2D eigenvalue weighted by Crippen LogP contribution is -2.34. The van der Waals surface area contributed by atoms with Gasteiger partial charge in [-0.2, -0.15) is 0 Å². The number of urea groups is 1. The lowest BCUT2D eigenvalue weighted by atomic mass is 10.0. The number of carbonyl (C=O) groups is 1. The van der Waals surface area contributed by atoms with E-state index in [-0.39, 0.29) is 18.0 Å². The van der Waals surface area contributed by atoms with Gasteiger partial charge in [-0.3, -0.25) is 0 Å². The number of benzene rings is 2. The van der Waals surface area contributed by atoms with E-state index in [1.165, 1.54) is 0 Å². The van der Waals surface area contributed by atoms with E-state index in [2.05, 4.69) is 19.2 Å². The van der Waals surface area contributed by atoms with E-state index in [9.17, 15) is 4.79 Å². The molecule has 0 saturated carbocycles. The predicted octanol–water partition coefficient (Wildman–Crippen LogP) is 6.14. The summed E-state index contributed by atoms with van der Waals surface area (Å²) >= 11 is 0. The third kappa shape index (κ3) is 4.04. The van der Waals surface area contributed by atoms with Gasteiger partial charge in [-0.15, -0.1) is 0 Å². The average molecular weight is 389 g/mol. The molecule has 2 aromatic carbocycles. The molecule has 5 heteroatoms. The van der Waals surface area contributed by atoms with Gasteiger partial charge in [0.2, 0.25) is 5.89 Å². The van der Waals surface area contributed by atoms with Crippen LogP contribution >= 0.6 is 0 Å². The van der Waals surface area contributed by atoms with Crippen LogP contribution in [-0.2, 0) is 0 Å². The number of oxazole rings is 1. The maximum absolute atomic E-state index is 12.9. The van der Waals surface area contributed by atoms with Gasteiger partial charge in [0.05, 0.1) is 0 Å². The minimum atomic E-state index is -0.143. The number of amides is 2. The molecule has 0 spiro atoms. The van der Waals surface area contributed by atoms with Gasteiger partial charge in [0.25, 0.3) is 0 Å². The van der Waals surface area contributed by atoms with E-state index < -0.39 is 0 Å². The number of aryl methyl sites for hydroxylation is 1. The molecule has 1 atom stereocenters. The Hall–Kier alpha value is -3.08. The molecule has 2 heterocycles. The third-order valence-electron chi connectivity index (χ3n) is 5.34. The standard InChI is InChI=1S/C24H27N3O2/c1-16(2)22-21(18-8-5-4-6-9-18)26-23(29-22)20-10-7-15-27(20)24(28)25-19-13-11-17(3)12-14-19/h4-6,8-9,11-14,16,20H,7,10,15H2,1-3H3,(H,25,28)/t20-/m1/s1. The molecule has 150 valence electrons. The summed E-state index contributed by atoms with van der Waals surface area (Å²) in [7, 11) is 0. The number of rotatable bonds is 4. The van der Waals surface area contributed by atoms with Gasteiger partial charge in [0.1, 0.15) is 17.5 Å². The quantitative estimate of drug-likeness (QED) is 0.583. The first-order chi connectivity index (χ1) is 14.0. The first-order valence-electron chi connectivity index (χ1n) is 10.2. The van der Waals surface area contributed by atoms with Crippen LogP contribution < -0.4 is 5.32 Å². The van der Waals surface area contributed by atoms with Gasteiger partial charge < -0.3 is 14.6 Å². The van der Waals surface area contributed by atoms with E-state index in [0.29, 0.717) is 12.4 Å². The number of carbonyl (C=O) groups excluding carboxylic acids is 1. The highest BCUT2D eigenvalue weighted by Crippen LogP contribution is 2.37. The molecule has 4 rings (SSSR count). The molecule has 0 bridgehead atoms. The van der Waals surface area contributed by atoms with Crippen molar-refractivity contribution in [3.63, 3.8) is 0 Å². The first-order valence-corrected chi connectivity index (χ1v) is 10.2. The minimum Gasteiger partial charge on any atom is -0.442 e. The molecular formula is C24H27N3O2. The number of nitrogens with zero attached hydrogens (tertiary/aromatic N) is 2. The second kappa shape index (κ2) is 8.11. The number of hydrogen-bond acceptors (Lipinski definition) is 3. The second-order valence-electron chi connectivity index (χ2n) is 7.93. The summed E-state index contributed by atoms with van der Waals surface area (Å²) in [4.78, 5) is 19.6. The lowest BCUT2D eigenvalue weighted by Gasteiger charge is -2.22. The van der Waals surface area contributed by atoms with Crippen molar-refractivity contribution in [3.05, 3.63) is 71.8 Å². The van der Waals surface area contributed by atoms with Crippen LogP contribution in [0.5, 0.6) is 0 Å². The van der Waals surface area contributed by atoms with Gasteiger partial charge >= 0.3 is 6.03 Å². The van der Waals surface area contributed by atoms with E-state index in [1.54, 1.807) is 0 Å². The van der Waals surface area contributed by atoms with E-state index in [4.69, 9.17) is 9.40 Å². The Morgan fingerprint density at radius 1 is 1.14 bits per heavy atom. The van der Waals surface area contributed by atoms with Crippen molar-refractivity contribution in [2.45, 2.75) is 45.6 Å². The number of aromatic nitrogens is 1. The maximum Gasteiger partial charge on any atom is 0.322 e. The highest BCUT2D eigenvalue weighted by Gasteiger charge is 2.35. The molecule has 0 radical (unpaired) electrons. The first kappa shape index (κ1) is 19.2. The molecule has 1 aromatic heterocycles. The largest absolute Gasteiger partial charge is 0.442 e. The maximum atomic E-state index is 12.9. The fourth-order valence-electron chi connectivity index (χ4n) is 3.78. The van der Waals surface area contributed by atoms with Gasteiger partial charge in [-0.1, -0.05) is 61.9 Å². The molecular weight excluding hydrogens is 362 g/mol. The fourth-order valence-corrected chi connectivity index (χ4v) is 3.78. The molecule has 1 aliphatic rings. The van der Waals surface area contributed by atoms with Crippen LogP contribution in [0.25, 0.3) is 11.3 Å². The van der Waals surface area contributed by atoms with Crippen molar-refractivity contribution >= 4 is 11.7 Å². The Bertz CT molecular complexity index is 977. The number of nitrogens with one attached hydrogen (secondary N) is 1. The summed E-state index contributed by atoms with van der Waals surface area (Å²) in [6, 6.07) is 17.7. The summed E-state index contributed by atoms with van der Waals surface area (Å²) in [5, 5.41) is 3.00. The normalized spacial score (nSPS) is 16.4. The molecule has 2 amide bonds. The smallest absolute Gasteiger partial charge is 0.322 e. The van der Waals surface area contributed by atoms with E-state index in [0.717, 1.165) is 41.1 Å². The molecule has 0 aliphatic carbocycles. The van der Waals surface area contributed by atoms with Crippen molar-refractivity contribution in [3.8, 4) is 11.3 Å². The van der Waals surface area contributed by atoms with Crippen molar-refractivity contribution in [2.75, 3.05) is 11.9 Å². The molecule has 1 N–H and O–H groups in total. The van der Waals surface area contributed by atoms with Crippen LogP contribution in [0, 0.1) is 6.92 Å². The van der Waals surface area contributed by atoms with E-state index in [1.807, 2.05) is 66.4 Å². The van der Waals surface area contributed by atoms with Crippen LogP contribution in [0.1, 0.15) is 55.9 Å². The van der Waals surface area contributed by atoms with Gasteiger partial charge in [-0.25, -0.2) is 9.78 Å². The highest BCUT2D eigenvalue weighted by atomic mass is 16.4. The predicted molar refractivity (Wildman–Crippen MR) is 115 cm³/mol. The zero-order chi connectivity index (χ0) is 20.4. The van der Waals surface area contributed by atoms with Crippen molar-refractivity contribution < 1.29 is 9.21 Å². The van der Waals surface area contributed by atoms with Crippen LogP contribution in [-0.4, -0.2) is 22.5 Å². The van der Waals surface area contributed by atoms with Gasteiger partial charge in [0.15, 0.2) is 0 Å². The number of likely N-dealkylation sites (tertiary alicyclic amines) is 1. The summed E-state index contributed by atoms with van der Waals surface area (Å²) < 4.78 is 6.23. The summed E-state index contributed by atoms with van der Waals surface area (Å²) in [6.07, 6.45) is 1.79. The monoisotopic (exact) mass is 389 g/mol. The van der Waals surface area contributed by atoms with Crippen molar-refractivity contribution in [1.82, 2.24) is 9.88 Å². The molecule has 1 saturated heterocycles. The topological polar surface area (TPSA) is 58.4 Å². The molecule has 0 unspecified atom stereocenters. The minimum absolute atomic E-state index is 0.109. The average Bonchev–Trinajstić information content (AvgIpc) is 3.37. The summed E-state index contributed by atoms with van der Waals surface area (Å²) in [5.74, 6) is 1.71. The van der Waals surface area contributed by atoms with Gasteiger partial charge in [-0.05, 0) is 31.9 Å². The SMILES string of the molecule is Cc1ccc(NC(=O)N2CCC[C@@H]2c2nc(-c3ccccc3)c(C(C)C)o2)cc1.